The van der Waals surface area contributed by atoms with Gasteiger partial charge in [0.1, 0.15) is 0 Å². The smallest absolute Gasteiger partial charge is 0.239 e. The van der Waals surface area contributed by atoms with E-state index in [0.29, 0.717) is 5.56 Å². The molecule has 5 heteroatoms. The van der Waals surface area contributed by atoms with Gasteiger partial charge in [-0.3, -0.25) is 14.4 Å². The summed E-state index contributed by atoms with van der Waals surface area (Å²) >= 11 is 0. The Morgan fingerprint density at radius 1 is 0.909 bits per heavy atom. The number of amides is 2. The van der Waals surface area contributed by atoms with E-state index in [1.54, 1.807) is 6.07 Å². The Labute approximate surface area is 128 Å². The Morgan fingerprint density at radius 2 is 1.64 bits per heavy atom. The summed E-state index contributed by atoms with van der Waals surface area (Å²) in [6.07, 6.45) is 0.195. The lowest BCUT2D eigenvalue weighted by Crippen LogP contribution is -2.35. The third-order valence-corrected chi connectivity index (χ3v) is 3.38. The van der Waals surface area contributed by atoms with Gasteiger partial charge in [0.25, 0.3) is 0 Å². The number of carbonyl (C=O) groups excluding carboxylic acids is 3. The Bertz CT molecular complexity index is 710. The lowest BCUT2D eigenvalue weighted by molar-refractivity contribution is -0.125. The molecule has 0 saturated heterocycles. The van der Waals surface area contributed by atoms with Crippen LogP contribution in [0.25, 0.3) is 10.8 Å². The maximum atomic E-state index is 12.1. The molecule has 2 N–H and O–H groups in total. The van der Waals surface area contributed by atoms with Crippen molar-refractivity contribution in [1.82, 2.24) is 10.6 Å². The minimum Gasteiger partial charge on any atom is -0.358 e. The van der Waals surface area contributed by atoms with Crippen molar-refractivity contribution < 1.29 is 14.4 Å². The van der Waals surface area contributed by atoms with Crippen molar-refractivity contribution >= 4 is 28.4 Å². The summed E-state index contributed by atoms with van der Waals surface area (Å²) in [4.78, 5) is 34.7. The van der Waals surface area contributed by atoms with E-state index in [1.165, 1.54) is 7.05 Å². The van der Waals surface area contributed by atoms with Crippen molar-refractivity contribution in [2.24, 2.45) is 0 Å². The normalized spacial score (nSPS) is 10.2. The standard InChI is InChI=1S/C17H18N2O3/c1-18-17(22)11-19-16(21)9-8-15(20)14-7-6-12-4-2-3-5-13(12)10-14/h2-7,10H,8-9,11H2,1H3,(H,18,22)(H,19,21). The molecule has 0 aromatic heterocycles. The first-order chi connectivity index (χ1) is 10.6. The number of nitrogens with one attached hydrogen (secondary N) is 2. The molecule has 0 aliphatic rings. The van der Waals surface area contributed by atoms with Crippen LogP contribution in [0.3, 0.4) is 0 Å². The van der Waals surface area contributed by atoms with Crippen LogP contribution in [0.2, 0.25) is 0 Å². The molecule has 22 heavy (non-hydrogen) atoms. The molecule has 0 bridgehead atoms. The fraction of sp³-hybridized carbons (Fsp3) is 0.235. The molecular weight excluding hydrogens is 280 g/mol. The second-order valence-corrected chi connectivity index (χ2v) is 4.94. The Morgan fingerprint density at radius 3 is 2.36 bits per heavy atom. The van der Waals surface area contributed by atoms with Crippen molar-refractivity contribution in [3.05, 3.63) is 48.0 Å². The van der Waals surface area contributed by atoms with Gasteiger partial charge in [-0.05, 0) is 16.8 Å². The van der Waals surface area contributed by atoms with Crippen molar-refractivity contribution in [2.45, 2.75) is 12.8 Å². The van der Waals surface area contributed by atoms with Gasteiger partial charge in [0.15, 0.2) is 5.78 Å². The van der Waals surface area contributed by atoms with Crippen LogP contribution in [0.5, 0.6) is 0 Å². The summed E-state index contributed by atoms with van der Waals surface area (Å²) in [6.45, 7) is -0.0699. The first kappa shape index (κ1) is 15.7. The second-order valence-electron chi connectivity index (χ2n) is 4.94. The fourth-order valence-corrected chi connectivity index (χ4v) is 2.09. The summed E-state index contributed by atoms with van der Waals surface area (Å²) in [7, 11) is 1.50. The summed E-state index contributed by atoms with van der Waals surface area (Å²) in [5.74, 6) is -0.659. The number of ketones is 1. The molecule has 2 aromatic rings. The fourth-order valence-electron chi connectivity index (χ4n) is 2.09. The van der Waals surface area contributed by atoms with Crippen LogP contribution in [0, 0.1) is 0 Å². The number of Topliss-reactive ketones (excluding diaryl/α,β-unsaturated/α-hetero) is 1. The number of hydrogen-bond acceptors (Lipinski definition) is 3. The first-order valence-corrected chi connectivity index (χ1v) is 7.09. The molecule has 5 nitrogen and oxygen atoms in total. The van der Waals surface area contributed by atoms with Gasteiger partial charge < -0.3 is 10.6 Å². The molecule has 114 valence electrons. The lowest BCUT2D eigenvalue weighted by atomic mass is 10.0. The van der Waals surface area contributed by atoms with Crippen LogP contribution in [-0.2, 0) is 9.59 Å². The highest BCUT2D eigenvalue weighted by Gasteiger charge is 2.10. The number of benzene rings is 2. The lowest BCUT2D eigenvalue weighted by Gasteiger charge is -2.05. The molecule has 0 aliphatic carbocycles. The number of carbonyl (C=O) groups is 3. The van der Waals surface area contributed by atoms with Crippen LogP contribution in [0.1, 0.15) is 23.2 Å². The molecule has 0 atom stereocenters. The zero-order valence-electron chi connectivity index (χ0n) is 12.4. The minimum atomic E-state index is -0.308. The van der Waals surface area contributed by atoms with Crippen molar-refractivity contribution in [3.8, 4) is 0 Å². The molecule has 2 rings (SSSR count). The molecule has 0 spiro atoms. The van der Waals surface area contributed by atoms with Gasteiger partial charge in [-0.15, -0.1) is 0 Å². The maximum absolute atomic E-state index is 12.1. The average Bonchev–Trinajstić information content (AvgIpc) is 2.56. The number of rotatable bonds is 6. The molecule has 2 amide bonds. The van der Waals surface area contributed by atoms with Crippen LogP contribution in [-0.4, -0.2) is 31.2 Å². The highest BCUT2D eigenvalue weighted by Crippen LogP contribution is 2.17. The predicted molar refractivity (Wildman–Crippen MR) is 84.6 cm³/mol. The highest BCUT2D eigenvalue weighted by atomic mass is 16.2. The van der Waals surface area contributed by atoms with Gasteiger partial charge in [0.2, 0.25) is 11.8 Å². The second kappa shape index (κ2) is 7.36. The Kier molecular flexibility index (Phi) is 5.25. The Balaban J connectivity index is 1.91. The van der Waals surface area contributed by atoms with E-state index < -0.39 is 0 Å². The molecular formula is C17H18N2O3. The summed E-state index contributed by atoms with van der Waals surface area (Å²) < 4.78 is 0. The molecule has 0 heterocycles. The quantitative estimate of drug-likeness (QED) is 0.797. The molecule has 0 aliphatic heterocycles. The van der Waals surface area contributed by atoms with Crippen LogP contribution in [0.15, 0.2) is 42.5 Å². The van der Waals surface area contributed by atoms with Crippen LogP contribution >= 0.6 is 0 Å². The van der Waals surface area contributed by atoms with Crippen LogP contribution < -0.4 is 10.6 Å². The monoisotopic (exact) mass is 298 g/mol. The van der Waals surface area contributed by atoms with Gasteiger partial charge in [0, 0.05) is 25.5 Å². The molecule has 0 unspecified atom stereocenters. The van der Waals surface area contributed by atoms with Gasteiger partial charge in [-0.2, -0.15) is 0 Å². The number of likely N-dealkylation sites (N-methyl/N-ethyl adjacent to an activating group) is 1. The van der Waals surface area contributed by atoms with Gasteiger partial charge in [-0.1, -0.05) is 36.4 Å². The number of fused-ring (bicyclic) bond motifs is 1. The average molecular weight is 298 g/mol. The largest absolute Gasteiger partial charge is 0.358 e. The maximum Gasteiger partial charge on any atom is 0.239 e. The zero-order valence-corrected chi connectivity index (χ0v) is 12.4. The van der Waals surface area contributed by atoms with Crippen molar-refractivity contribution in [3.63, 3.8) is 0 Å². The van der Waals surface area contributed by atoms with Gasteiger partial charge in [-0.25, -0.2) is 0 Å². The van der Waals surface area contributed by atoms with Gasteiger partial charge in [0.05, 0.1) is 6.54 Å². The summed E-state index contributed by atoms with van der Waals surface area (Å²) in [6, 6.07) is 13.3. The van der Waals surface area contributed by atoms with Crippen molar-refractivity contribution in [1.29, 1.82) is 0 Å². The van der Waals surface area contributed by atoms with Gasteiger partial charge >= 0.3 is 0 Å². The number of hydrogen-bond donors (Lipinski definition) is 2. The minimum absolute atomic E-state index is 0.0699. The van der Waals surface area contributed by atoms with E-state index in [9.17, 15) is 14.4 Å². The van der Waals surface area contributed by atoms with E-state index in [2.05, 4.69) is 10.6 Å². The third kappa shape index (κ3) is 4.15. The zero-order chi connectivity index (χ0) is 15.9. The van der Waals surface area contributed by atoms with E-state index in [4.69, 9.17) is 0 Å². The van der Waals surface area contributed by atoms with Crippen LogP contribution in [0.4, 0.5) is 0 Å². The van der Waals surface area contributed by atoms with E-state index in [0.717, 1.165) is 10.8 Å². The van der Waals surface area contributed by atoms with E-state index in [-0.39, 0.29) is 37.0 Å². The van der Waals surface area contributed by atoms with E-state index in [1.807, 2.05) is 36.4 Å². The highest BCUT2D eigenvalue weighted by molar-refractivity contribution is 6.01. The first-order valence-electron chi connectivity index (χ1n) is 7.09. The third-order valence-electron chi connectivity index (χ3n) is 3.38. The SMILES string of the molecule is CNC(=O)CNC(=O)CCC(=O)c1ccc2ccccc2c1. The summed E-state index contributed by atoms with van der Waals surface area (Å²) in [5, 5.41) is 6.94. The molecule has 2 aromatic carbocycles. The molecule has 0 radical (unpaired) electrons. The van der Waals surface area contributed by atoms with E-state index >= 15 is 0 Å². The molecule has 0 fully saturated rings. The topological polar surface area (TPSA) is 75.3 Å². The summed E-state index contributed by atoms with van der Waals surface area (Å²) in [5.41, 5.74) is 0.595. The predicted octanol–water partition coefficient (Wildman–Crippen LogP) is 1.66. The van der Waals surface area contributed by atoms with Crippen molar-refractivity contribution in [2.75, 3.05) is 13.6 Å². The Hall–Kier alpha value is -2.69. The molecule has 0 saturated carbocycles.